The van der Waals surface area contributed by atoms with E-state index < -0.39 is 24.5 Å². The number of hydrogen-bond donors (Lipinski definition) is 0. The Bertz CT molecular complexity index is 792. The van der Waals surface area contributed by atoms with E-state index in [1.807, 2.05) is 25.1 Å². The van der Waals surface area contributed by atoms with E-state index in [1.54, 1.807) is 0 Å². The van der Waals surface area contributed by atoms with E-state index in [2.05, 4.69) is 9.64 Å². The Labute approximate surface area is 181 Å². The maximum absolute atomic E-state index is 12.7. The highest BCUT2D eigenvalue weighted by Gasteiger charge is 2.60. The van der Waals surface area contributed by atoms with Gasteiger partial charge in [-0.1, -0.05) is 23.7 Å². The summed E-state index contributed by atoms with van der Waals surface area (Å²) in [4.78, 5) is 15.2. The first-order chi connectivity index (χ1) is 14.3. The van der Waals surface area contributed by atoms with Crippen LogP contribution < -0.4 is 0 Å². The van der Waals surface area contributed by atoms with E-state index in [-0.39, 0.29) is 18.6 Å². The zero-order valence-electron chi connectivity index (χ0n) is 16.8. The molecule has 2 aliphatic heterocycles. The third kappa shape index (κ3) is 5.39. The molecule has 0 radical (unpaired) electrons. The van der Waals surface area contributed by atoms with Crippen LogP contribution in [0.3, 0.4) is 0 Å². The highest BCUT2D eigenvalue weighted by molar-refractivity contribution is 6.31. The number of hydrogen-bond acceptors (Lipinski definition) is 3. The second-order valence-corrected chi connectivity index (χ2v) is 8.57. The van der Waals surface area contributed by atoms with Gasteiger partial charge in [0.2, 0.25) is 0 Å². The Morgan fingerprint density at radius 3 is 2.26 bits per heavy atom. The van der Waals surface area contributed by atoms with Gasteiger partial charge in [0.05, 0.1) is 0 Å². The van der Waals surface area contributed by atoms with Gasteiger partial charge >= 0.3 is 18.4 Å². The predicted molar refractivity (Wildman–Crippen MR) is 102 cm³/mol. The second-order valence-electron chi connectivity index (χ2n) is 8.17. The lowest BCUT2D eigenvalue weighted by molar-refractivity contribution is -0.308. The van der Waals surface area contributed by atoms with Crippen molar-refractivity contribution in [2.75, 3.05) is 19.6 Å². The molecule has 2 aliphatic rings. The molecular weight excluding hydrogens is 450 g/mol. The summed E-state index contributed by atoms with van der Waals surface area (Å²) in [5.74, 6) is 0. The summed E-state index contributed by atoms with van der Waals surface area (Å²) in [7, 11) is 0. The van der Waals surface area contributed by atoms with Crippen molar-refractivity contribution in [1.82, 2.24) is 9.80 Å². The summed E-state index contributed by atoms with van der Waals surface area (Å²) in [6.45, 7) is 3.42. The van der Waals surface area contributed by atoms with E-state index in [0.717, 1.165) is 35.4 Å². The van der Waals surface area contributed by atoms with Gasteiger partial charge in [-0.2, -0.15) is 26.3 Å². The fraction of sp³-hybridized carbons (Fsp3) is 0.650. The number of halogens is 7. The van der Waals surface area contributed by atoms with Crippen LogP contribution in [0.1, 0.15) is 36.8 Å². The Morgan fingerprint density at radius 1 is 1.10 bits per heavy atom. The van der Waals surface area contributed by atoms with Crippen LogP contribution in [-0.4, -0.2) is 59.5 Å². The van der Waals surface area contributed by atoms with E-state index in [4.69, 9.17) is 11.6 Å². The Kier molecular flexibility index (Phi) is 6.72. The molecule has 2 heterocycles. The van der Waals surface area contributed by atoms with Crippen molar-refractivity contribution in [3.05, 3.63) is 34.3 Å². The van der Waals surface area contributed by atoms with Crippen molar-refractivity contribution in [2.24, 2.45) is 0 Å². The smallest absolute Gasteiger partial charge is 0.426 e. The molecule has 0 N–H and O–H groups in total. The van der Waals surface area contributed by atoms with Gasteiger partial charge in [-0.15, -0.1) is 0 Å². The van der Waals surface area contributed by atoms with Crippen LogP contribution in [0.25, 0.3) is 0 Å². The molecule has 31 heavy (non-hydrogen) atoms. The van der Waals surface area contributed by atoms with E-state index in [9.17, 15) is 31.1 Å². The standard InChI is InChI=1S/C20H23ClF6N2O2/c1-13-3-4-14(11-15(13)21)12-29-8-2-5-18(29)6-9-28(10-7-18)17(30)31-16(19(22,23)24)20(25,26)27/h3-4,11,16H,2,5-10,12H2,1H3. The Hall–Kier alpha value is -1.68. The minimum Gasteiger partial charge on any atom is -0.426 e. The largest absolute Gasteiger partial charge is 0.434 e. The van der Waals surface area contributed by atoms with Crippen molar-refractivity contribution in [3.63, 3.8) is 0 Å². The summed E-state index contributed by atoms with van der Waals surface area (Å²) in [5, 5.41) is 0.659. The number of piperidine rings is 1. The first kappa shape index (κ1) is 24.0. The van der Waals surface area contributed by atoms with Gasteiger partial charge in [0.1, 0.15) is 0 Å². The van der Waals surface area contributed by atoms with E-state index in [1.165, 1.54) is 0 Å². The number of aryl methyl sites for hydroxylation is 1. The molecule has 3 rings (SSSR count). The molecule has 0 aliphatic carbocycles. The van der Waals surface area contributed by atoms with Crippen LogP contribution in [0.15, 0.2) is 18.2 Å². The summed E-state index contributed by atoms with van der Waals surface area (Å²) in [5.41, 5.74) is 1.74. The zero-order valence-corrected chi connectivity index (χ0v) is 17.6. The second kappa shape index (κ2) is 8.69. The van der Waals surface area contributed by atoms with Crippen molar-refractivity contribution in [1.29, 1.82) is 0 Å². The topological polar surface area (TPSA) is 32.8 Å². The van der Waals surface area contributed by atoms with Gasteiger partial charge in [-0.05, 0) is 56.3 Å². The van der Waals surface area contributed by atoms with Crippen LogP contribution in [0.5, 0.6) is 0 Å². The quantitative estimate of drug-likeness (QED) is 0.528. The summed E-state index contributed by atoms with van der Waals surface area (Å²) in [6.07, 6.45) is -14.5. The highest BCUT2D eigenvalue weighted by Crippen LogP contribution is 2.41. The number of nitrogens with zero attached hydrogens (tertiary/aromatic N) is 2. The summed E-state index contributed by atoms with van der Waals surface area (Å²) < 4.78 is 79.8. The maximum Gasteiger partial charge on any atom is 0.434 e. The SMILES string of the molecule is Cc1ccc(CN2CCCC23CCN(C(=O)OC(C(F)(F)F)C(F)(F)F)CC3)cc1Cl. The van der Waals surface area contributed by atoms with Crippen LogP contribution in [0, 0.1) is 6.92 Å². The number of rotatable bonds is 3. The van der Waals surface area contributed by atoms with Crippen molar-refractivity contribution in [3.8, 4) is 0 Å². The minimum atomic E-state index is -5.72. The number of likely N-dealkylation sites (tertiary alicyclic amines) is 2. The fourth-order valence-corrected chi connectivity index (χ4v) is 4.57. The number of carbonyl (C=O) groups excluding carboxylic acids is 1. The molecular formula is C20H23ClF6N2O2. The monoisotopic (exact) mass is 472 g/mol. The van der Waals surface area contributed by atoms with Gasteiger partial charge in [0.25, 0.3) is 6.10 Å². The average molecular weight is 473 g/mol. The van der Waals surface area contributed by atoms with Crippen LogP contribution in [0.2, 0.25) is 5.02 Å². The summed E-state index contributed by atoms with van der Waals surface area (Å²) in [6, 6.07) is 5.80. The molecule has 1 aromatic carbocycles. The number of carbonyl (C=O) groups is 1. The van der Waals surface area contributed by atoms with E-state index >= 15 is 0 Å². The first-order valence-electron chi connectivity index (χ1n) is 9.91. The molecule has 4 nitrogen and oxygen atoms in total. The third-order valence-corrected chi connectivity index (χ3v) is 6.52. The van der Waals surface area contributed by atoms with Crippen molar-refractivity contribution >= 4 is 17.7 Å². The molecule has 174 valence electrons. The molecule has 0 aromatic heterocycles. The molecule has 1 spiro atoms. The molecule has 0 unspecified atom stereocenters. The summed E-state index contributed by atoms with van der Waals surface area (Å²) >= 11 is 6.20. The minimum absolute atomic E-state index is 0.0341. The fourth-order valence-electron chi connectivity index (χ4n) is 4.36. The number of amides is 1. The van der Waals surface area contributed by atoms with Gasteiger partial charge in [-0.25, -0.2) is 4.79 Å². The molecule has 1 aromatic rings. The highest BCUT2D eigenvalue weighted by atomic mass is 35.5. The van der Waals surface area contributed by atoms with Gasteiger partial charge in [-0.3, -0.25) is 4.90 Å². The third-order valence-electron chi connectivity index (χ3n) is 6.12. The predicted octanol–water partition coefficient (Wildman–Crippen LogP) is 5.71. The normalized spacial score (nSPS) is 20.0. The van der Waals surface area contributed by atoms with Crippen molar-refractivity contribution < 1.29 is 35.9 Å². The molecule has 2 fully saturated rings. The Morgan fingerprint density at radius 2 is 1.71 bits per heavy atom. The number of benzene rings is 1. The number of ether oxygens (including phenoxy) is 1. The molecule has 0 atom stereocenters. The van der Waals surface area contributed by atoms with Crippen molar-refractivity contribution in [2.45, 2.75) is 63.1 Å². The lowest BCUT2D eigenvalue weighted by atomic mass is 9.85. The maximum atomic E-state index is 12.7. The molecule has 11 heteroatoms. The van der Waals surface area contributed by atoms with E-state index in [0.29, 0.717) is 24.4 Å². The van der Waals surface area contributed by atoms with Crippen LogP contribution in [-0.2, 0) is 11.3 Å². The van der Waals surface area contributed by atoms with Gasteiger partial charge in [0, 0.05) is 30.2 Å². The molecule has 0 saturated carbocycles. The molecule has 2 saturated heterocycles. The Balaban J connectivity index is 1.63. The number of alkyl halides is 6. The molecule has 1 amide bonds. The van der Waals surface area contributed by atoms with Crippen LogP contribution in [0.4, 0.5) is 31.1 Å². The van der Waals surface area contributed by atoms with Gasteiger partial charge in [0.15, 0.2) is 0 Å². The first-order valence-corrected chi connectivity index (χ1v) is 10.3. The lowest BCUT2D eigenvalue weighted by Gasteiger charge is -2.45. The average Bonchev–Trinajstić information content (AvgIpc) is 3.03. The van der Waals surface area contributed by atoms with Crippen LogP contribution >= 0.6 is 11.6 Å². The lowest BCUT2D eigenvalue weighted by Crippen LogP contribution is -2.54. The molecule has 0 bridgehead atoms. The van der Waals surface area contributed by atoms with Gasteiger partial charge < -0.3 is 9.64 Å². The zero-order chi connectivity index (χ0) is 23.0.